The lowest BCUT2D eigenvalue weighted by Crippen LogP contribution is -2.48. The van der Waals surface area contributed by atoms with Crippen molar-refractivity contribution >= 4 is 40.5 Å². The lowest BCUT2D eigenvalue weighted by atomic mass is 10.2. The first-order valence-corrected chi connectivity index (χ1v) is 10.5. The standard InChI is InChI=1S/C21H23Cl2N3O3/c22-15-4-1-2-5-18(15)26-8-6-25(7-9-26)14-21(27)24-17-13-20-19(12-16(17)23)28-10-3-11-29-20/h1-2,4-5,12-13H,3,6-11,14H2,(H,24,27). The predicted octanol–water partition coefficient (Wildman–Crippen LogP) is 3.92. The van der Waals surface area contributed by atoms with Gasteiger partial charge in [0.05, 0.1) is 41.2 Å². The van der Waals surface area contributed by atoms with Gasteiger partial charge in [-0.05, 0) is 12.1 Å². The number of hydrogen-bond acceptors (Lipinski definition) is 5. The van der Waals surface area contributed by atoms with Gasteiger partial charge >= 0.3 is 0 Å². The fraction of sp³-hybridized carbons (Fsp3) is 0.381. The molecule has 1 fully saturated rings. The molecule has 29 heavy (non-hydrogen) atoms. The molecular weight excluding hydrogens is 413 g/mol. The molecule has 2 aliphatic rings. The summed E-state index contributed by atoms with van der Waals surface area (Å²) in [6, 6.07) is 11.3. The van der Waals surface area contributed by atoms with Crippen molar-refractivity contribution in [3.63, 3.8) is 0 Å². The zero-order chi connectivity index (χ0) is 20.2. The van der Waals surface area contributed by atoms with Crippen molar-refractivity contribution in [3.05, 3.63) is 46.4 Å². The van der Waals surface area contributed by atoms with Crippen molar-refractivity contribution in [1.82, 2.24) is 4.90 Å². The summed E-state index contributed by atoms with van der Waals surface area (Å²) in [5, 5.41) is 4.09. The van der Waals surface area contributed by atoms with Crippen molar-refractivity contribution in [1.29, 1.82) is 0 Å². The molecule has 2 aromatic carbocycles. The van der Waals surface area contributed by atoms with Gasteiger partial charge in [0.2, 0.25) is 5.91 Å². The molecule has 8 heteroatoms. The third-order valence-electron chi connectivity index (χ3n) is 5.04. The predicted molar refractivity (Wildman–Crippen MR) is 116 cm³/mol. The molecule has 1 amide bonds. The highest BCUT2D eigenvalue weighted by atomic mass is 35.5. The average Bonchev–Trinajstić information content (AvgIpc) is 2.94. The molecule has 1 saturated heterocycles. The van der Waals surface area contributed by atoms with Crippen molar-refractivity contribution in [3.8, 4) is 11.5 Å². The summed E-state index contributed by atoms with van der Waals surface area (Å²) in [6.45, 7) is 4.69. The Hall–Kier alpha value is -2.15. The van der Waals surface area contributed by atoms with Crippen LogP contribution in [0.15, 0.2) is 36.4 Å². The molecule has 6 nitrogen and oxygen atoms in total. The summed E-state index contributed by atoms with van der Waals surface area (Å²) >= 11 is 12.6. The van der Waals surface area contributed by atoms with Crippen LogP contribution in [-0.4, -0.2) is 56.7 Å². The van der Waals surface area contributed by atoms with E-state index in [4.69, 9.17) is 32.7 Å². The van der Waals surface area contributed by atoms with E-state index in [0.29, 0.717) is 42.0 Å². The molecule has 0 aliphatic carbocycles. The van der Waals surface area contributed by atoms with Crippen molar-refractivity contribution < 1.29 is 14.3 Å². The van der Waals surface area contributed by atoms with Crippen LogP contribution < -0.4 is 19.7 Å². The Labute approximate surface area is 180 Å². The van der Waals surface area contributed by atoms with Crippen LogP contribution in [0.1, 0.15) is 6.42 Å². The second kappa shape index (κ2) is 9.11. The zero-order valence-corrected chi connectivity index (χ0v) is 17.5. The smallest absolute Gasteiger partial charge is 0.238 e. The number of amides is 1. The third-order valence-corrected chi connectivity index (χ3v) is 5.68. The van der Waals surface area contributed by atoms with E-state index in [1.165, 1.54) is 0 Å². The van der Waals surface area contributed by atoms with Gasteiger partial charge in [-0.1, -0.05) is 35.3 Å². The van der Waals surface area contributed by atoms with Gasteiger partial charge in [-0.2, -0.15) is 0 Å². The minimum Gasteiger partial charge on any atom is -0.490 e. The number of carbonyl (C=O) groups excluding carboxylic acids is 1. The van der Waals surface area contributed by atoms with Crippen LogP contribution in [0.3, 0.4) is 0 Å². The van der Waals surface area contributed by atoms with Gasteiger partial charge in [0.15, 0.2) is 11.5 Å². The molecule has 0 spiro atoms. The number of piperazine rings is 1. The van der Waals surface area contributed by atoms with Crippen molar-refractivity contribution in [2.24, 2.45) is 0 Å². The van der Waals surface area contributed by atoms with Gasteiger partial charge in [-0.15, -0.1) is 0 Å². The maximum Gasteiger partial charge on any atom is 0.238 e. The average molecular weight is 436 g/mol. The maximum absolute atomic E-state index is 12.6. The Morgan fingerprint density at radius 2 is 1.66 bits per heavy atom. The summed E-state index contributed by atoms with van der Waals surface area (Å²) in [5.41, 5.74) is 1.58. The van der Waals surface area contributed by atoms with Gasteiger partial charge in [0, 0.05) is 44.7 Å². The van der Waals surface area contributed by atoms with E-state index in [2.05, 4.69) is 15.1 Å². The van der Waals surface area contributed by atoms with E-state index >= 15 is 0 Å². The van der Waals surface area contributed by atoms with Crippen LogP contribution in [0.2, 0.25) is 10.0 Å². The monoisotopic (exact) mass is 435 g/mol. The lowest BCUT2D eigenvalue weighted by molar-refractivity contribution is -0.117. The highest BCUT2D eigenvalue weighted by Gasteiger charge is 2.21. The van der Waals surface area contributed by atoms with E-state index in [1.807, 2.05) is 24.3 Å². The van der Waals surface area contributed by atoms with E-state index in [0.717, 1.165) is 43.3 Å². The fourth-order valence-electron chi connectivity index (χ4n) is 3.53. The second-order valence-corrected chi connectivity index (χ2v) is 7.91. The number of nitrogens with one attached hydrogen (secondary N) is 1. The van der Waals surface area contributed by atoms with Crippen LogP contribution in [0.4, 0.5) is 11.4 Å². The summed E-state index contributed by atoms with van der Waals surface area (Å²) in [5.74, 6) is 1.12. The van der Waals surface area contributed by atoms with Crippen molar-refractivity contribution in [2.45, 2.75) is 6.42 Å². The number of benzene rings is 2. The molecule has 0 unspecified atom stereocenters. The van der Waals surface area contributed by atoms with Crippen LogP contribution in [0.25, 0.3) is 0 Å². The number of hydrogen-bond donors (Lipinski definition) is 1. The van der Waals surface area contributed by atoms with E-state index in [9.17, 15) is 4.79 Å². The van der Waals surface area contributed by atoms with Crippen LogP contribution in [0, 0.1) is 0 Å². The van der Waals surface area contributed by atoms with E-state index in [1.54, 1.807) is 12.1 Å². The fourth-order valence-corrected chi connectivity index (χ4v) is 3.98. The molecule has 154 valence electrons. The third kappa shape index (κ3) is 4.89. The Kier molecular flexibility index (Phi) is 6.33. The molecule has 4 rings (SSSR count). The number of nitrogens with zero attached hydrogens (tertiary/aromatic N) is 2. The Balaban J connectivity index is 1.33. The van der Waals surface area contributed by atoms with Gasteiger partial charge in [0.25, 0.3) is 0 Å². The Morgan fingerprint density at radius 1 is 0.966 bits per heavy atom. The van der Waals surface area contributed by atoms with Gasteiger partial charge in [-0.3, -0.25) is 9.69 Å². The normalized spacial score (nSPS) is 17.0. The van der Waals surface area contributed by atoms with Crippen LogP contribution in [-0.2, 0) is 4.79 Å². The number of para-hydroxylation sites is 1. The maximum atomic E-state index is 12.6. The number of fused-ring (bicyclic) bond motifs is 1. The summed E-state index contributed by atoms with van der Waals surface area (Å²) in [6.07, 6.45) is 0.814. The number of anilines is 2. The first-order chi connectivity index (χ1) is 14.1. The van der Waals surface area contributed by atoms with E-state index in [-0.39, 0.29) is 5.91 Å². The molecule has 0 radical (unpaired) electrons. The molecule has 2 aliphatic heterocycles. The molecule has 0 atom stereocenters. The van der Waals surface area contributed by atoms with Crippen molar-refractivity contribution in [2.75, 3.05) is 56.2 Å². The first kappa shape index (κ1) is 20.1. The number of rotatable bonds is 4. The Morgan fingerprint density at radius 3 is 2.38 bits per heavy atom. The van der Waals surface area contributed by atoms with E-state index < -0.39 is 0 Å². The highest BCUT2D eigenvalue weighted by molar-refractivity contribution is 6.34. The molecular formula is C21H23Cl2N3O3. The van der Waals surface area contributed by atoms with Gasteiger partial charge < -0.3 is 19.7 Å². The topological polar surface area (TPSA) is 54.0 Å². The lowest BCUT2D eigenvalue weighted by Gasteiger charge is -2.36. The van der Waals surface area contributed by atoms with Gasteiger partial charge in [0.1, 0.15) is 0 Å². The first-order valence-electron chi connectivity index (χ1n) is 9.71. The van der Waals surface area contributed by atoms with Crippen LogP contribution in [0.5, 0.6) is 11.5 Å². The number of carbonyl (C=O) groups is 1. The zero-order valence-electron chi connectivity index (χ0n) is 16.0. The second-order valence-electron chi connectivity index (χ2n) is 7.09. The Bertz CT molecular complexity index is 885. The molecule has 0 saturated carbocycles. The summed E-state index contributed by atoms with van der Waals surface area (Å²) in [4.78, 5) is 16.9. The van der Waals surface area contributed by atoms with Gasteiger partial charge in [-0.25, -0.2) is 0 Å². The minimum atomic E-state index is -0.104. The SMILES string of the molecule is O=C(CN1CCN(c2ccccc2Cl)CC1)Nc1cc2c(cc1Cl)OCCCO2. The highest BCUT2D eigenvalue weighted by Crippen LogP contribution is 2.37. The molecule has 1 N–H and O–H groups in total. The summed E-state index contributed by atoms with van der Waals surface area (Å²) < 4.78 is 11.3. The number of ether oxygens (including phenoxy) is 2. The molecule has 0 aromatic heterocycles. The minimum absolute atomic E-state index is 0.104. The number of halogens is 2. The largest absolute Gasteiger partial charge is 0.490 e. The molecule has 2 aromatic rings. The van der Waals surface area contributed by atoms with Crippen LogP contribution >= 0.6 is 23.2 Å². The quantitative estimate of drug-likeness (QED) is 0.788. The summed E-state index contributed by atoms with van der Waals surface area (Å²) in [7, 11) is 0. The molecule has 2 heterocycles. The molecule has 0 bridgehead atoms.